The molecule has 0 spiro atoms. The van der Waals surface area contributed by atoms with E-state index in [1.807, 2.05) is 0 Å². The third-order valence-corrected chi connectivity index (χ3v) is 4.07. The van der Waals surface area contributed by atoms with Gasteiger partial charge in [0.2, 0.25) is 23.6 Å². The molecule has 2 amide bonds. The van der Waals surface area contributed by atoms with Gasteiger partial charge in [0.25, 0.3) is 0 Å². The molecule has 0 radical (unpaired) electrons. The van der Waals surface area contributed by atoms with E-state index in [4.69, 9.17) is 4.74 Å². The third kappa shape index (κ3) is 1.27. The summed E-state index contributed by atoms with van der Waals surface area (Å²) in [5.74, 6) is -1.18. The highest BCUT2D eigenvalue weighted by Crippen LogP contribution is 2.55. The molecule has 0 aliphatic carbocycles. The number of aromatic nitrogens is 1. The Morgan fingerprint density at radius 2 is 1.75 bits per heavy atom. The number of nitrogens with one attached hydrogen (secondary N) is 1. The van der Waals surface area contributed by atoms with Crippen LogP contribution in [-0.4, -0.2) is 26.6 Å². The number of carbonyl (C=O) groups excluding carboxylic acids is 2. The van der Waals surface area contributed by atoms with Gasteiger partial charge < -0.3 is 14.9 Å². The molecule has 2 bridgehead atoms. The summed E-state index contributed by atoms with van der Waals surface area (Å²) in [4.78, 5) is 23.1. The second-order valence-electron chi connectivity index (χ2n) is 5.17. The summed E-state index contributed by atoms with van der Waals surface area (Å²) < 4.78 is 6.73. The molecule has 1 fully saturated rings. The minimum absolute atomic E-state index is 0.163. The Bertz CT molecular complexity index is 639. The molecule has 7 heteroatoms. The van der Waals surface area contributed by atoms with Crippen LogP contribution in [0.5, 0.6) is 11.8 Å². The molecule has 3 unspecified atom stereocenters. The maximum Gasteiger partial charge on any atom is 0.249 e. The molecule has 1 aromatic rings. The lowest BCUT2D eigenvalue weighted by molar-refractivity contribution is -0.136. The summed E-state index contributed by atoms with van der Waals surface area (Å²) >= 11 is 0. The number of hydrogen-bond donors (Lipinski definition) is 3. The van der Waals surface area contributed by atoms with E-state index in [0.717, 1.165) is 0 Å². The first kappa shape index (κ1) is 11.5. The molecule has 1 saturated heterocycles. The lowest BCUT2D eigenvalue weighted by atomic mass is 10.0. The Morgan fingerprint density at radius 1 is 1.15 bits per heavy atom. The van der Waals surface area contributed by atoms with Crippen LogP contribution in [0.1, 0.15) is 42.2 Å². The molecular weight excluding hydrogens is 264 g/mol. The van der Waals surface area contributed by atoms with E-state index >= 15 is 0 Å². The summed E-state index contributed by atoms with van der Waals surface area (Å²) in [5, 5.41) is 22.8. The Morgan fingerprint density at radius 3 is 2.30 bits per heavy atom. The third-order valence-electron chi connectivity index (χ3n) is 4.07. The average molecular weight is 276 g/mol. The maximum atomic E-state index is 11.9. The number of nitrogens with zero attached hydrogens (tertiary/aromatic N) is 1. The standard InChI is InChI=1S/C13H12N2O5/c16-8-4-1-5(11(17)14-8)15-12(18)9-6-2-3-7(20-6)10(9)13(15)19/h2-3,5-7,18-19H,1,4H2,(H,14,16,17). The number of imide groups is 1. The Hall–Kier alpha value is -2.28. The molecule has 3 aliphatic heterocycles. The van der Waals surface area contributed by atoms with Crippen LogP contribution in [0.2, 0.25) is 0 Å². The van der Waals surface area contributed by atoms with E-state index < -0.39 is 11.9 Å². The van der Waals surface area contributed by atoms with Gasteiger partial charge in [-0.3, -0.25) is 19.5 Å². The first-order valence-corrected chi connectivity index (χ1v) is 6.41. The number of amides is 2. The van der Waals surface area contributed by atoms with Crippen LogP contribution in [0.3, 0.4) is 0 Å². The Labute approximate surface area is 113 Å². The fraction of sp³-hybridized carbons (Fsp3) is 0.385. The van der Waals surface area contributed by atoms with Gasteiger partial charge in [-0.1, -0.05) is 12.2 Å². The van der Waals surface area contributed by atoms with Crippen LogP contribution >= 0.6 is 0 Å². The highest BCUT2D eigenvalue weighted by Gasteiger charge is 2.44. The van der Waals surface area contributed by atoms with Gasteiger partial charge in [-0.25, -0.2) is 0 Å². The smallest absolute Gasteiger partial charge is 0.249 e. The molecule has 1 aromatic heterocycles. The first-order chi connectivity index (χ1) is 9.58. The van der Waals surface area contributed by atoms with E-state index in [1.54, 1.807) is 12.2 Å². The lowest BCUT2D eigenvalue weighted by Gasteiger charge is -2.24. The van der Waals surface area contributed by atoms with Crippen LogP contribution in [-0.2, 0) is 14.3 Å². The SMILES string of the molecule is O=C1CCC(n2c(O)c3c(c2O)C2C=CC3O2)C(=O)N1. The molecule has 3 N–H and O–H groups in total. The van der Waals surface area contributed by atoms with Gasteiger partial charge in [0.15, 0.2) is 0 Å². The van der Waals surface area contributed by atoms with Gasteiger partial charge in [-0.2, -0.15) is 0 Å². The van der Waals surface area contributed by atoms with Crippen molar-refractivity contribution in [3.63, 3.8) is 0 Å². The molecular formula is C13H12N2O5. The molecule has 3 aliphatic rings. The van der Waals surface area contributed by atoms with Crippen LogP contribution in [0, 0.1) is 0 Å². The summed E-state index contributed by atoms with van der Waals surface area (Å²) in [6.07, 6.45) is 3.29. The predicted molar refractivity (Wildman–Crippen MR) is 64.9 cm³/mol. The van der Waals surface area contributed by atoms with Crippen molar-refractivity contribution in [3.8, 4) is 11.8 Å². The molecule has 0 saturated carbocycles. The van der Waals surface area contributed by atoms with E-state index in [9.17, 15) is 19.8 Å². The van der Waals surface area contributed by atoms with Gasteiger partial charge in [0.05, 0.1) is 11.1 Å². The van der Waals surface area contributed by atoms with Crippen LogP contribution in [0.15, 0.2) is 12.2 Å². The van der Waals surface area contributed by atoms with E-state index in [-0.39, 0.29) is 42.7 Å². The molecule has 20 heavy (non-hydrogen) atoms. The molecule has 4 heterocycles. The summed E-state index contributed by atoms with van der Waals surface area (Å²) in [6, 6.07) is -0.780. The number of carbonyl (C=O) groups is 2. The van der Waals surface area contributed by atoms with Crippen molar-refractivity contribution in [3.05, 3.63) is 23.3 Å². The summed E-state index contributed by atoms with van der Waals surface area (Å²) in [5.41, 5.74) is 1.03. The fourth-order valence-electron chi connectivity index (χ4n) is 3.16. The van der Waals surface area contributed by atoms with Crippen molar-refractivity contribution in [1.82, 2.24) is 9.88 Å². The average Bonchev–Trinajstić information content (AvgIpc) is 3.06. The number of fused-ring (bicyclic) bond motifs is 5. The monoisotopic (exact) mass is 276 g/mol. The zero-order valence-corrected chi connectivity index (χ0v) is 10.4. The van der Waals surface area contributed by atoms with Gasteiger partial charge in [0.1, 0.15) is 18.2 Å². The van der Waals surface area contributed by atoms with E-state index in [0.29, 0.717) is 11.1 Å². The number of piperidine rings is 1. The highest BCUT2D eigenvalue weighted by atomic mass is 16.5. The Kier molecular flexibility index (Phi) is 2.10. The maximum absolute atomic E-state index is 11.9. The van der Waals surface area contributed by atoms with Crippen LogP contribution < -0.4 is 5.32 Å². The van der Waals surface area contributed by atoms with Crippen molar-refractivity contribution in [2.75, 3.05) is 0 Å². The fourth-order valence-corrected chi connectivity index (χ4v) is 3.16. The number of rotatable bonds is 1. The largest absolute Gasteiger partial charge is 0.494 e. The second-order valence-corrected chi connectivity index (χ2v) is 5.17. The van der Waals surface area contributed by atoms with Crippen molar-refractivity contribution < 1.29 is 24.5 Å². The number of ether oxygens (including phenoxy) is 1. The van der Waals surface area contributed by atoms with Gasteiger partial charge in [-0.15, -0.1) is 0 Å². The van der Waals surface area contributed by atoms with E-state index in [1.165, 1.54) is 4.57 Å². The van der Waals surface area contributed by atoms with Gasteiger partial charge >= 0.3 is 0 Å². The van der Waals surface area contributed by atoms with E-state index in [2.05, 4.69) is 5.32 Å². The minimum atomic E-state index is -0.780. The zero-order valence-electron chi connectivity index (χ0n) is 10.4. The van der Waals surface area contributed by atoms with Gasteiger partial charge in [-0.05, 0) is 6.42 Å². The summed E-state index contributed by atoms with van der Waals surface area (Å²) in [7, 11) is 0. The molecule has 104 valence electrons. The lowest BCUT2D eigenvalue weighted by Crippen LogP contribution is -2.41. The van der Waals surface area contributed by atoms with Crippen molar-refractivity contribution in [2.24, 2.45) is 0 Å². The van der Waals surface area contributed by atoms with Crippen molar-refractivity contribution >= 4 is 11.8 Å². The number of hydrogen-bond acceptors (Lipinski definition) is 5. The zero-order chi connectivity index (χ0) is 14.0. The molecule has 0 aromatic carbocycles. The van der Waals surface area contributed by atoms with Crippen LogP contribution in [0.4, 0.5) is 0 Å². The topological polar surface area (TPSA) is 101 Å². The summed E-state index contributed by atoms with van der Waals surface area (Å²) in [6.45, 7) is 0. The predicted octanol–water partition coefficient (Wildman–Crippen LogP) is 0.559. The minimum Gasteiger partial charge on any atom is -0.494 e. The van der Waals surface area contributed by atoms with Gasteiger partial charge in [0, 0.05) is 6.42 Å². The van der Waals surface area contributed by atoms with Crippen molar-refractivity contribution in [1.29, 1.82) is 0 Å². The quantitative estimate of drug-likeness (QED) is 0.514. The molecule has 7 nitrogen and oxygen atoms in total. The Balaban J connectivity index is 1.81. The first-order valence-electron chi connectivity index (χ1n) is 6.41. The molecule has 4 rings (SSSR count). The normalized spacial score (nSPS) is 30.7. The van der Waals surface area contributed by atoms with Crippen molar-refractivity contribution in [2.45, 2.75) is 31.1 Å². The molecule has 3 atom stereocenters. The second kappa shape index (κ2) is 3.63. The highest BCUT2D eigenvalue weighted by molar-refractivity contribution is 5.99. The van der Waals surface area contributed by atoms with Crippen LogP contribution in [0.25, 0.3) is 0 Å². The number of aromatic hydroxyl groups is 2.